The Morgan fingerprint density at radius 1 is 1.09 bits per heavy atom. The van der Waals surface area contributed by atoms with Crippen LogP contribution in [0.3, 0.4) is 0 Å². The van der Waals surface area contributed by atoms with Crippen molar-refractivity contribution in [3.63, 3.8) is 0 Å². The molecule has 0 saturated heterocycles. The van der Waals surface area contributed by atoms with Gasteiger partial charge in [-0.3, -0.25) is 0 Å². The first-order chi connectivity index (χ1) is 11.0. The molecule has 1 aliphatic rings. The predicted octanol–water partition coefficient (Wildman–Crippen LogP) is 2.70. The third kappa shape index (κ3) is 4.07. The molecule has 0 N–H and O–H groups in total. The van der Waals surface area contributed by atoms with E-state index >= 15 is 0 Å². The fourth-order valence-corrected chi connectivity index (χ4v) is 2.21. The van der Waals surface area contributed by atoms with E-state index in [1.807, 2.05) is 44.2 Å². The van der Waals surface area contributed by atoms with E-state index < -0.39 is 6.02 Å². The quantitative estimate of drug-likeness (QED) is 0.840. The summed E-state index contributed by atoms with van der Waals surface area (Å²) in [6.07, 6.45) is 0. The molecule has 0 fully saturated rings. The van der Waals surface area contributed by atoms with Crippen molar-refractivity contribution in [1.82, 2.24) is 0 Å². The zero-order valence-electron chi connectivity index (χ0n) is 14.6. The lowest BCUT2D eigenvalue weighted by atomic mass is 10.0. The van der Waals surface area contributed by atoms with E-state index in [9.17, 15) is 0 Å². The highest BCUT2D eigenvalue weighted by molar-refractivity contribution is 5.94. The molecule has 1 heterocycles. The van der Waals surface area contributed by atoms with Crippen molar-refractivity contribution in [3.8, 4) is 0 Å². The summed E-state index contributed by atoms with van der Waals surface area (Å²) in [5.74, 6) is 0.901. The molecule has 0 radical (unpaired) electrons. The van der Waals surface area contributed by atoms with Crippen molar-refractivity contribution in [1.29, 1.82) is 0 Å². The molecule has 0 unspecified atom stereocenters. The van der Waals surface area contributed by atoms with Crippen molar-refractivity contribution in [2.75, 3.05) is 20.8 Å². The maximum atomic E-state index is 8.56. The summed E-state index contributed by atoms with van der Waals surface area (Å²) in [5.41, 5.74) is 1.04. The van der Waals surface area contributed by atoms with E-state index in [2.05, 4.69) is 9.98 Å². The summed E-state index contributed by atoms with van der Waals surface area (Å²) in [6, 6.07) is 8.15. The van der Waals surface area contributed by atoms with Crippen molar-refractivity contribution in [2.24, 2.45) is 15.9 Å². The molecule has 2 atom stereocenters. The van der Waals surface area contributed by atoms with Crippen LogP contribution in [-0.4, -0.2) is 44.7 Å². The zero-order valence-corrected chi connectivity index (χ0v) is 13.6. The smallest absolute Gasteiger partial charge is 0.211 e. The number of nitrogens with zero attached hydrogens (tertiary/aromatic N) is 2. The van der Waals surface area contributed by atoms with Crippen LogP contribution in [0.5, 0.6) is 0 Å². The minimum absolute atomic E-state index is 0.0479. The number of rotatable bonds is 5. The first kappa shape index (κ1) is 15.0. The molecule has 0 saturated carbocycles. The first-order valence-corrected chi connectivity index (χ1v) is 7.38. The fourth-order valence-electron chi connectivity index (χ4n) is 2.21. The Morgan fingerprint density at radius 3 is 2.36 bits per heavy atom. The third-order valence-corrected chi connectivity index (χ3v) is 3.39. The summed E-state index contributed by atoms with van der Waals surface area (Å²) < 4.78 is 24.9. The maximum Gasteiger partial charge on any atom is 0.211 e. The van der Waals surface area contributed by atoms with Gasteiger partial charge in [-0.15, -0.1) is 0 Å². The van der Waals surface area contributed by atoms with Gasteiger partial charge in [0.15, 0.2) is 6.02 Å². The molecule has 0 spiro atoms. The van der Waals surface area contributed by atoms with Crippen LogP contribution < -0.4 is 0 Å². The molecule has 1 aromatic carbocycles. The second-order valence-electron chi connectivity index (χ2n) is 5.41. The summed E-state index contributed by atoms with van der Waals surface area (Å²) >= 11 is 0. The van der Waals surface area contributed by atoms with Crippen LogP contribution in [-0.2, 0) is 20.8 Å². The largest absolute Gasteiger partial charge is 0.483 e. The molecule has 0 bridgehead atoms. The third-order valence-electron chi connectivity index (χ3n) is 3.39. The molecule has 1 aromatic rings. The standard InChI is InChI=1S/C17H24N2O3/c1-12(2)15-17(21-4)18-14(16(19-15)20-3)11-22-10-13-8-6-5-7-9-13/h5-9,12,14-15H,10-11H2,1-4H3/t14-,15+/m0/s1/i14D. The minimum atomic E-state index is -1.42. The van der Waals surface area contributed by atoms with Crippen LogP contribution in [0.15, 0.2) is 40.3 Å². The normalized spacial score (nSPS) is 25.3. The van der Waals surface area contributed by atoms with Crippen LogP contribution in [0, 0.1) is 5.92 Å². The van der Waals surface area contributed by atoms with Gasteiger partial charge < -0.3 is 14.2 Å². The molecular weight excluding hydrogens is 280 g/mol. The topological polar surface area (TPSA) is 52.4 Å². The van der Waals surface area contributed by atoms with Crippen molar-refractivity contribution < 1.29 is 15.6 Å². The summed E-state index contributed by atoms with van der Waals surface area (Å²) in [7, 11) is 3.05. The van der Waals surface area contributed by atoms with Crippen molar-refractivity contribution >= 4 is 11.8 Å². The number of hydrogen-bond acceptors (Lipinski definition) is 5. The molecule has 0 amide bonds. The van der Waals surface area contributed by atoms with Gasteiger partial charge in [-0.1, -0.05) is 44.2 Å². The Kier molecular flexibility index (Phi) is 5.42. The van der Waals surface area contributed by atoms with E-state index in [1.54, 1.807) is 7.11 Å². The van der Waals surface area contributed by atoms with Crippen LogP contribution in [0.2, 0.25) is 0 Å². The first-order valence-electron chi connectivity index (χ1n) is 7.88. The van der Waals surface area contributed by atoms with Gasteiger partial charge in [0, 0.05) is 0 Å². The lowest BCUT2D eigenvalue weighted by molar-refractivity contribution is 0.114. The van der Waals surface area contributed by atoms with Crippen molar-refractivity contribution in [2.45, 2.75) is 32.5 Å². The Hall–Kier alpha value is -1.88. The van der Waals surface area contributed by atoms with E-state index in [-0.39, 0.29) is 24.5 Å². The molecule has 5 nitrogen and oxygen atoms in total. The number of ether oxygens (including phenoxy) is 3. The average Bonchev–Trinajstić information content (AvgIpc) is 2.55. The highest BCUT2D eigenvalue weighted by Gasteiger charge is 2.30. The van der Waals surface area contributed by atoms with E-state index in [4.69, 9.17) is 15.6 Å². The van der Waals surface area contributed by atoms with Crippen LogP contribution in [0.25, 0.3) is 0 Å². The molecule has 0 aliphatic carbocycles. The fraction of sp³-hybridized carbons (Fsp3) is 0.529. The molecular formula is C17H24N2O3. The molecule has 2 rings (SSSR count). The van der Waals surface area contributed by atoms with Gasteiger partial charge in [0.05, 0.1) is 28.8 Å². The second-order valence-corrected chi connectivity index (χ2v) is 5.41. The van der Waals surface area contributed by atoms with E-state index in [0.29, 0.717) is 12.5 Å². The van der Waals surface area contributed by atoms with Gasteiger partial charge >= 0.3 is 0 Å². The maximum absolute atomic E-state index is 8.56. The van der Waals surface area contributed by atoms with Gasteiger partial charge in [0.2, 0.25) is 11.8 Å². The number of benzene rings is 1. The minimum Gasteiger partial charge on any atom is -0.483 e. The van der Waals surface area contributed by atoms with Gasteiger partial charge in [0.1, 0.15) is 6.04 Å². The van der Waals surface area contributed by atoms with Crippen molar-refractivity contribution in [3.05, 3.63) is 35.9 Å². The van der Waals surface area contributed by atoms with Gasteiger partial charge in [0.25, 0.3) is 0 Å². The van der Waals surface area contributed by atoms with E-state index in [1.165, 1.54) is 7.11 Å². The van der Waals surface area contributed by atoms with Crippen LogP contribution in [0.4, 0.5) is 0 Å². The predicted molar refractivity (Wildman–Crippen MR) is 87.4 cm³/mol. The molecule has 5 heteroatoms. The molecule has 120 valence electrons. The highest BCUT2D eigenvalue weighted by atomic mass is 16.5. The summed E-state index contributed by atoms with van der Waals surface area (Å²) in [6.45, 7) is 4.51. The Balaban J connectivity index is 2.11. The Labute approximate surface area is 133 Å². The van der Waals surface area contributed by atoms with Gasteiger partial charge in [-0.2, -0.15) is 0 Å². The second kappa shape index (κ2) is 7.94. The zero-order chi connectivity index (χ0) is 16.9. The highest BCUT2D eigenvalue weighted by Crippen LogP contribution is 2.18. The molecule has 22 heavy (non-hydrogen) atoms. The number of hydrogen-bond donors (Lipinski definition) is 0. The summed E-state index contributed by atoms with van der Waals surface area (Å²) in [4.78, 5) is 8.90. The monoisotopic (exact) mass is 305 g/mol. The van der Waals surface area contributed by atoms with Gasteiger partial charge in [-0.25, -0.2) is 9.98 Å². The lowest BCUT2D eigenvalue weighted by Gasteiger charge is -2.26. The number of methoxy groups -OCH3 is 2. The van der Waals surface area contributed by atoms with Gasteiger partial charge in [-0.05, 0) is 11.5 Å². The SMILES string of the molecule is [2H][C@@]1(COCc2ccccc2)N=C(OC)[C@@H](C(C)C)N=C1OC. The average molecular weight is 305 g/mol. The Bertz CT molecular complexity index is 574. The Morgan fingerprint density at radius 2 is 1.77 bits per heavy atom. The van der Waals surface area contributed by atoms with E-state index in [0.717, 1.165) is 5.56 Å². The molecule has 1 aliphatic heterocycles. The van der Waals surface area contributed by atoms with Crippen LogP contribution >= 0.6 is 0 Å². The molecule has 0 aromatic heterocycles. The van der Waals surface area contributed by atoms with Crippen LogP contribution in [0.1, 0.15) is 20.8 Å². The summed E-state index contributed by atoms with van der Waals surface area (Å²) in [5, 5.41) is 0. The number of aliphatic imine (C=N–C) groups is 2. The lowest BCUT2D eigenvalue weighted by Crippen LogP contribution is -2.39.